The van der Waals surface area contributed by atoms with Crippen molar-refractivity contribution in [1.82, 2.24) is 24.6 Å². The molecular weight excluding hydrogens is 386 g/mol. The summed E-state index contributed by atoms with van der Waals surface area (Å²) in [6.45, 7) is 5.01. The van der Waals surface area contributed by atoms with E-state index in [9.17, 15) is 9.59 Å². The van der Waals surface area contributed by atoms with E-state index in [0.29, 0.717) is 31.6 Å². The van der Waals surface area contributed by atoms with Crippen LogP contribution in [0.1, 0.15) is 58.4 Å². The molecule has 4 rings (SSSR count). The molecule has 1 amide bonds. The minimum absolute atomic E-state index is 0.0212. The van der Waals surface area contributed by atoms with E-state index >= 15 is 0 Å². The SMILES string of the molecule is CCc1nn(CCCOC(=O)c2cn(C)cn2)c2c1C(=O)NCC1(CCOCC1)C2. The van der Waals surface area contributed by atoms with E-state index in [1.54, 1.807) is 24.1 Å². The number of imidazole rings is 1. The van der Waals surface area contributed by atoms with Crippen molar-refractivity contribution >= 4 is 11.9 Å². The molecule has 30 heavy (non-hydrogen) atoms. The second-order valence-electron chi connectivity index (χ2n) is 8.23. The molecule has 9 heteroatoms. The first kappa shape index (κ1) is 20.6. The van der Waals surface area contributed by atoms with Gasteiger partial charge in [-0.1, -0.05) is 6.92 Å². The molecule has 0 radical (unpaired) electrons. The molecule has 0 unspecified atom stereocenters. The highest BCUT2D eigenvalue weighted by Gasteiger charge is 2.39. The van der Waals surface area contributed by atoms with Crippen molar-refractivity contribution in [2.24, 2.45) is 12.5 Å². The minimum Gasteiger partial charge on any atom is -0.461 e. The number of hydrogen-bond acceptors (Lipinski definition) is 6. The summed E-state index contributed by atoms with van der Waals surface area (Å²) in [6.07, 6.45) is 7.20. The molecule has 2 aliphatic rings. The fourth-order valence-corrected chi connectivity index (χ4v) is 4.33. The molecule has 0 aliphatic carbocycles. The molecule has 1 saturated heterocycles. The van der Waals surface area contributed by atoms with Crippen molar-refractivity contribution in [3.05, 3.63) is 35.2 Å². The van der Waals surface area contributed by atoms with Gasteiger partial charge in [0, 0.05) is 46.0 Å². The Morgan fingerprint density at radius 3 is 2.87 bits per heavy atom. The Bertz CT molecular complexity index is 926. The number of aryl methyl sites for hydroxylation is 3. The second-order valence-corrected chi connectivity index (χ2v) is 8.23. The van der Waals surface area contributed by atoms with Gasteiger partial charge in [-0.3, -0.25) is 9.48 Å². The average Bonchev–Trinajstić information content (AvgIpc) is 3.30. The fourth-order valence-electron chi connectivity index (χ4n) is 4.33. The summed E-state index contributed by atoms with van der Waals surface area (Å²) in [5.74, 6) is -0.456. The Balaban J connectivity index is 1.46. The lowest BCUT2D eigenvalue weighted by Crippen LogP contribution is -2.40. The number of rotatable bonds is 6. The maximum absolute atomic E-state index is 12.8. The molecule has 9 nitrogen and oxygen atoms in total. The number of nitrogens with one attached hydrogen (secondary N) is 1. The highest BCUT2D eigenvalue weighted by molar-refractivity contribution is 5.97. The van der Waals surface area contributed by atoms with E-state index in [-0.39, 0.29) is 17.9 Å². The molecule has 0 saturated carbocycles. The van der Waals surface area contributed by atoms with E-state index in [0.717, 1.165) is 49.4 Å². The quantitative estimate of drug-likeness (QED) is 0.567. The lowest BCUT2D eigenvalue weighted by atomic mass is 9.76. The maximum Gasteiger partial charge on any atom is 0.358 e. The smallest absolute Gasteiger partial charge is 0.358 e. The summed E-state index contributed by atoms with van der Waals surface area (Å²) >= 11 is 0. The van der Waals surface area contributed by atoms with Crippen molar-refractivity contribution in [2.75, 3.05) is 26.4 Å². The summed E-state index contributed by atoms with van der Waals surface area (Å²) in [7, 11) is 1.81. The predicted molar refractivity (Wildman–Crippen MR) is 108 cm³/mol. The van der Waals surface area contributed by atoms with Gasteiger partial charge in [0.15, 0.2) is 5.69 Å². The maximum atomic E-state index is 12.8. The van der Waals surface area contributed by atoms with Gasteiger partial charge in [0.05, 0.1) is 29.9 Å². The van der Waals surface area contributed by atoms with Gasteiger partial charge in [0.1, 0.15) is 0 Å². The molecule has 162 valence electrons. The van der Waals surface area contributed by atoms with Crippen molar-refractivity contribution in [1.29, 1.82) is 0 Å². The van der Waals surface area contributed by atoms with Gasteiger partial charge in [-0.05, 0) is 31.1 Å². The number of ether oxygens (including phenoxy) is 2. The van der Waals surface area contributed by atoms with Gasteiger partial charge < -0.3 is 19.4 Å². The lowest BCUT2D eigenvalue weighted by Gasteiger charge is -2.36. The zero-order valence-electron chi connectivity index (χ0n) is 17.6. The van der Waals surface area contributed by atoms with E-state index < -0.39 is 5.97 Å². The molecule has 1 N–H and O–H groups in total. The third kappa shape index (κ3) is 4.12. The molecule has 4 heterocycles. The first-order chi connectivity index (χ1) is 14.5. The number of hydrogen-bond donors (Lipinski definition) is 1. The molecule has 0 bridgehead atoms. The van der Waals surface area contributed by atoms with E-state index in [4.69, 9.17) is 14.6 Å². The monoisotopic (exact) mass is 415 g/mol. The van der Waals surface area contributed by atoms with Crippen LogP contribution in [0.15, 0.2) is 12.5 Å². The van der Waals surface area contributed by atoms with Gasteiger partial charge in [0.25, 0.3) is 5.91 Å². The normalized spacial score (nSPS) is 18.0. The standard InChI is InChI=1S/C21H29N5O4/c1-3-15-18-17(11-21(13-22-19(18)27)5-9-29-10-6-21)26(24-15)7-4-8-30-20(28)16-12-25(2)14-23-16/h12,14H,3-11,13H2,1-2H3,(H,22,27). The Morgan fingerprint density at radius 2 is 2.17 bits per heavy atom. The molecular formula is C21H29N5O4. The van der Waals surface area contributed by atoms with Crippen LogP contribution < -0.4 is 5.32 Å². The number of fused-ring (bicyclic) bond motifs is 1. The molecule has 1 fully saturated rings. The van der Waals surface area contributed by atoms with Gasteiger partial charge in [-0.15, -0.1) is 0 Å². The summed E-state index contributed by atoms with van der Waals surface area (Å²) < 4.78 is 14.6. The molecule has 1 spiro atoms. The highest BCUT2D eigenvalue weighted by Crippen LogP contribution is 2.37. The number of amides is 1. The molecule has 2 aromatic rings. The van der Waals surface area contributed by atoms with Crippen molar-refractivity contribution in [3.8, 4) is 0 Å². The Hall–Kier alpha value is -2.68. The van der Waals surface area contributed by atoms with Crippen LogP contribution in [-0.4, -0.2) is 57.6 Å². The van der Waals surface area contributed by atoms with Crippen LogP contribution >= 0.6 is 0 Å². The third-order valence-corrected chi connectivity index (χ3v) is 6.07. The number of carbonyl (C=O) groups excluding carboxylic acids is 2. The lowest BCUT2D eigenvalue weighted by molar-refractivity contribution is 0.0152. The zero-order valence-corrected chi connectivity index (χ0v) is 17.6. The minimum atomic E-state index is -0.426. The van der Waals surface area contributed by atoms with Gasteiger partial charge in [0.2, 0.25) is 0 Å². The van der Waals surface area contributed by atoms with Gasteiger partial charge in [-0.25, -0.2) is 9.78 Å². The van der Waals surface area contributed by atoms with Crippen LogP contribution in [0.2, 0.25) is 0 Å². The molecule has 2 aromatic heterocycles. The number of nitrogens with zero attached hydrogens (tertiary/aromatic N) is 4. The predicted octanol–water partition coefficient (Wildman–Crippen LogP) is 1.51. The Kier molecular flexibility index (Phi) is 5.90. The molecule has 0 atom stereocenters. The number of esters is 1. The van der Waals surface area contributed by atoms with Crippen LogP contribution in [0.3, 0.4) is 0 Å². The van der Waals surface area contributed by atoms with Gasteiger partial charge in [-0.2, -0.15) is 5.10 Å². The van der Waals surface area contributed by atoms with Crippen LogP contribution in [-0.2, 0) is 35.9 Å². The summed E-state index contributed by atoms with van der Waals surface area (Å²) in [4.78, 5) is 28.9. The van der Waals surface area contributed by atoms with Crippen LogP contribution in [0, 0.1) is 5.41 Å². The average molecular weight is 415 g/mol. The fraction of sp³-hybridized carbons (Fsp3) is 0.619. The van der Waals surface area contributed by atoms with E-state index in [1.807, 2.05) is 11.6 Å². The number of carbonyl (C=O) groups is 2. The van der Waals surface area contributed by atoms with Crippen LogP contribution in [0.5, 0.6) is 0 Å². The summed E-state index contributed by atoms with van der Waals surface area (Å²) in [6, 6.07) is 0. The summed E-state index contributed by atoms with van der Waals surface area (Å²) in [5.41, 5.74) is 2.88. The first-order valence-corrected chi connectivity index (χ1v) is 10.6. The summed E-state index contributed by atoms with van der Waals surface area (Å²) in [5, 5.41) is 7.85. The molecule has 0 aromatic carbocycles. The zero-order chi connectivity index (χ0) is 21.1. The first-order valence-electron chi connectivity index (χ1n) is 10.6. The van der Waals surface area contributed by atoms with Crippen LogP contribution in [0.25, 0.3) is 0 Å². The second kappa shape index (κ2) is 8.59. The van der Waals surface area contributed by atoms with Crippen molar-refractivity contribution in [2.45, 2.75) is 45.6 Å². The highest BCUT2D eigenvalue weighted by atomic mass is 16.5. The third-order valence-electron chi connectivity index (χ3n) is 6.07. The van der Waals surface area contributed by atoms with Gasteiger partial charge >= 0.3 is 5.97 Å². The topological polar surface area (TPSA) is 100 Å². The van der Waals surface area contributed by atoms with Crippen LogP contribution in [0.4, 0.5) is 0 Å². The number of aromatic nitrogens is 4. The molecule has 2 aliphatic heterocycles. The largest absolute Gasteiger partial charge is 0.461 e. The Labute approximate surface area is 175 Å². The van der Waals surface area contributed by atoms with E-state index in [2.05, 4.69) is 10.3 Å². The Morgan fingerprint density at radius 1 is 1.37 bits per heavy atom. The van der Waals surface area contributed by atoms with Crippen molar-refractivity contribution < 1.29 is 19.1 Å². The van der Waals surface area contributed by atoms with Crippen molar-refractivity contribution in [3.63, 3.8) is 0 Å². The van der Waals surface area contributed by atoms with E-state index in [1.165, 1.54) is 0 Å².